The normalized spacial score (nSPS) is 12.9. The molecule has 0 amide bonds. The van der Waals surface area contributed by atoms with Crippen LogP contribution in [0, 0.1) is 13.8 Å². The van der Waals surface area contributed by atoms with E-state index in [1.165, 1.54) is 0 Å². The van der Waals surface area contributed by atoms with E-state index < -0.39 is 6.10 Å². The second-order valence-corrected chi connectivity index (χ2v) is 4.08. The Balaban J connectivity index is 3.22. The summed E-state index contributed by atoms with van der Waals surface area (Å²) in [5, 5.41) is 19.4. The molecule has 0 fully saturated rings. The maximum atomic E-state index is 9.77. The molecule has 0 saturated carbocycles. The molecule has 0 bridgehead atoms. The molecule has 0 aliphatic rings. The molecular weight excluding hydrogens is 200 g/mol. The molecule has 14 heavy (non-hydrogen) atoms. The highest BCUT2D eigenvalue weighted by Gasteiger charge is 2.13. The van der Waals surface area contributed by atoms with Gasteiger partial charge in [0.1, 0.15) is 5.75 Å². The molecule has 0 heterocycles. The van der Waals surface area contributed by atoms with Gasteiger partial charge in [-0.05, 0) is 31.9 Å². The molecule has 1 rings (SSSR count). The Bertz CT molecular complexity index is 346. The highest BCUT2D eigenvalue weighted by atomic mass is 35.5. The van der Waals surface area contributed by atoms with E-state index in [-0.39, 0.29) is 5.75 Å². The molecule has 1 aromatic rings. The smallest absolute Gasteiger partial charge is 0.137 e. The molecule has 78 valence electrons. The fourth-order valence-corrected chi connectivity index (χ4v) is 1.70. The molecule has 0 spiro atoms. The van der Waals surface area contributed by atoms with Crippen LogP contribution >= 0.6 is 11.6 Å². The van der Waals surface area contributed by atoms with Crippen LogP contribution in [-0.2, 0) is 6.42 Å². The van der Waals surface area contributed by atoms with Crippen LogP contribution in [-0.4, -0.2) is 16.3 Å². The molecule has 1 atom stereocenters. The lowest BCUT2D eigenvalue weighted by atomic mass is 9.99. The maximum Gasteiger partial charge on any atom is 0.137 e. The summed E-state index contributed by atoms with van der Waals surface area (Å²) in [5.74, 6) is 0.102. The molecule has 2 N–H and O–H groups in total. The summed E-state index contributed by atoms with van der Waals surface area (Å²) in [7, 11) is 0. The molecule has 0 aromatic heterocycles. The third kappa shape index (κ3) is 2.20. The van der Waals surface area contributed by atoms with Crippen molar-refractivity contribution in [1.82, 2.24) is 0 Å². The Morgan fingerprint density at radius 3 is 2.43 bits per heavy atom. The zero-order valence-electron chi connectivity index (χ0n) is 8.63. The van der Waals surface area contributed by atoms with Gasteiger partial charge in [0, 0.05) is 12.0 Å². The number of hydrogen-bond donors (Lipinski definition) is 2. The summed E-state index contributed by atoms with van der Waals surface area (Å²) in [4.78, 5) is 0. The summed E-state index contributed by atoms with van der Waals surface area (Å²) in [5.41, 5.74) is 2.55. The number of phenols is 1. The summed E-state index contributed by atoms with van der Waals surface area (Å²) in [6, 6.07) is 1.92. The van der Waals surface area contributed by atoms with E-state index in [0.717, 1.165) is 16.7 Å². The first-order chi connectivity index (χ1) is 6.43. The Kier molecular flexibility index (Phi) is 3.40. The standard InChI is InChI=1S/C11H15ClO2/c1-6-4-7(2)10(12)11(14)9(6)5-8(3)13/h4,8,13-14H,5H2,1-3H3. The quantitative estimate of drug-likeness (QED) is 0.795. The van der Waals surface area contributed by atoms with E-state index >= 15 is 0 Å². The van der Waals surface area contributed by atoms with Crippen LogP contribution < -0.4 is 0 Å². The summed E-state index contributed by atoms with van der Waals surface area (Å²) in [6.07, 6.45) is -0.0455. The predicted molar refractivity (Wildman–Crippen MR) is 58.0 cm³/mol. The number of aryl methyl sites for hydroxylation is 2. The topological polar surface area (TPSA) is 40.5 Å². The van der Waals surface area contributed by atoms with Crippen molar-refractivity contribution in [2.75, 3.05) is 0 Å². The lowest BCUT2D eigenvalue weighted by Gasteiger charge is -2.13. The van der Waals surface area contributed by atoms with Crippen molar-refractivity contribution in [3.63, 3.8) is 0 Å². The van der Waals surface area contributed by atoms with E-state index in [4.69, 9.17) is 11.6 Å². The van der Waals surface area contributed by atoms with Crippen LogP contribution in [0.5, 0.6) is 5.75 Å². The van der Waals surface area contributed by atoms with Gasteiger partial charge in [-0.1, -0.05) is 17.7 Å². The molecule has 0 saturated heterocycles. The molecule has 2 nitrogen and oxygen atoms in total. The summed E-state index contributed by atoms with van der Waals surface area (Å²) >= 11 is 5.91. The largest absolute Gasteiger partial charge is 0.506 e. The van der Waals surface area contributed by atoms with Crippen molar-refractivity contribution in [2.45, 2.75) is 33.3 Å². The zero-order valence-corrected chi connectivity index (χ0v) is 9.39. The van der Waals surface area contributed by atoms with Crippen LogP contribution in [0.25, 0.3) is 0 Å². The average molecular weight is 215 g/mol. The summed E-state index contributed by atoms with van der Waals surface area (Å²) in [6.45, 7) is 5.44. The average Bonchev–Trinajstić information content (AvgIpc) is 2.09. The van der Waals surface area contributed by atoms with Crippen molar-refractivity contribution in [1.29, 1.82) is 0 Å². The van der Waals surface area contributed by atoms with E-state index in [9.17, 15) is 10.2 Å². The van der Waals surface area contributed by atoms with Gasteiger partial charge in [0.05, 0.1) is 11.1 Å². The van der Waals surface area contributed by atoms with Gasteiger partial charge in [0.25, 0.3) is 0 Å². The molecule has 3 heteroatoms. The van der Waals surface area contributed by atoms with E-state index in [2.05, 4.69) is 0 Å². The molecule has 0 radical (unpaired) electrons. The number of hydrogen-bond acceptors (Lipinski definition) is 2. The summed E-state index contributed by atoms with van der Waals surface area (Å²) < 4.78 is 0. The Morgan fingerprint density at radius 2 is 1.93 bits per heavy atom. The predicted octanol–water partition coefficient (Wildman–Crippen LogP) is 2.59. The van der Waals surface area contributed by atoms with E-state index in [1.54, 1.807) is 6.92 Å². The number of aliphatic hydroxyl groups is 1. The van der Waals surface area contributed by atoms with Crippen LogP contribution in [0.3, 0.4) is 0 Å². The van der Waals surface area contributed by atoms with Crippen molar-refractivity contribution in [3.05, 3.63) is 27.8 Å². The SMILES string of the molecule is Cc1cc(C)c(CC(C)O)c(O)c1Cl. The third-order valence-electron chi connectivity index (χ3n) is 2.25. The van der Waals surface area contributed by atoms with Crippen LogP contribution in [0.1, 0.15) is 23.6 Å². The van der Waals surface area contributed by atoms with Crippen LogP contribution in [0.2, 0.25) is 5.02 Å². The van der Waals surface area contributed by atoms with Crippen LogP contribution in [0.15, 0.2) is 6.07 Å². The maximum absolute atomic E-state index is 9.77. The van der Waals surface area contributed by atoms with Gasteiger partial charge in [-0.3, -0.25) is 0 Å². The van der Waals surface area contributed by atoms with Gasteiger partial charge in [-0.2, -0.15) is 0 Å². The van der Waals surface area contributed by atoms with E-state index in [1.807, 2.05) is 19.9 Å². The molecule has 0 aliphatic heterocycles. The second-order valence-electron chi connectivity index (χ2n) is 3.70. The number of aromatic hydroxyl groups is 1. The van der Waals surface area contributed by atoms with E-state index in [0.29, 0.717) is 11.4 Å². The van der Waals surface area contributed by atoms with Gasteiger partial charge in [-0.15, -0.1) is 0 Å². The molecule has 1 aromatic carbocycles. The first kappa shape index (κ1) is 11.3. The highest BCUT2D eigenvalue weighted by Crippen LogP contribution is 2.33. The van der Waals surface area contributed by atoms with Crippen LogP contribution in [0.4, 0.5) is 0 Å². The van der Waals surface area contributed by atoms with Gasteiger partial charge in [0.2, 0.25) is 0 Å². The molecule has 0 aliphatic carbocycles. The second kappa shape index (κ2) is 4.20. The fourth-order valence-electron chi connectivity index (χ4n) is 1.53. The Labute approximate surface area is 89.1 Å². The number of rotatable bonds is 2. The minimum Gasteiger partial charge on any atom is -0.506 e. The van der Waals surface area contributed by atoms with Gasteiger partial charge in [0.15, 0.2) is 0 Å². The molecule has 1 unspecified atom stereocenters. The zero-order chi connectivity index (χ0) is 10.9. The van der Waals surface area contributed by atoms with Gasteiger partial charge >= 0.3 is 0 Å². The fraction of sp³-hybridized carbons (Fsp3) is 0.455. The lowest BCUT2D eigenvalue weighted by Crippen LogP contribution is -2.06. The van der Waals surface area contributed by atoms with Crippen molar-refractivity contribution in [2.24, 2.45) is 0 Å². The number of halogens is 1. The first-order valence-electron chi connectivity index (χ1n) is 4.59. The van der Waals surface area contributed by atoms with Crippen molar-refractivity contribution < 1.29 is 10.2 Å². The minimum atomic E-state index is -0.474. The molecular formula is C11H15ClO2. The van der Waals surface area contributed by atoms with Crippen molar-refractivity contribution >= 4 is 11.6 Å². The Morgan fingerprint density at radius 1 is 1.36 bits per heavy atom. The first-order valence-corrected chi connectivity index (χ1v) is 4.97. The van der Waals surface area contributed by atoms with Crippen molar-refractivity contribution in [3.8, 4) is 5.75 Å². The van der Waals surface area contributed by atoms with Gasteiger partial charge in [-0.25, -0.2) is 0 Å². The highest BCUT2D eigenvalue weighted by molar-refractivity contribution is 6.32. The third-order valence-corrected chi connectivity index (χ3v) is 2.73. The minimum absolute atomic E-state index is 0.102. The number of benzene rings is 1. The van der Waals surface area contributed by atoms with Gasteiger partial charge < -0.3 is 10.2 Å². The Hall–Kier alpha value is -0.730. The number of aliphatic hydroxyl groups excluding tert-OH is 1. The monoisotopic (exact) mass is 214 g/mol. The number of phenolic OH excluding ortho intramolecular Hbond substituents is 1. The lowest BCUT2D eigenvalue weighted by molar-refractivity contribution is 0.194.